The minimum absolute atomic E-state index is 0.153. The van der Waals surface area contributed by atoms with E-state index in [0.717, 1.165) is 33.2 Å². The lowest BCUT2D eigenvalue weighted by atomic mass is 9.96. The van der Waals surface area contributed by atoms with Crippen molar-refractivity contribution >= 4 is 33.8 Å². The summed E-state index contributed by atoms with van der Waals surface area (Å²) in [5.74, 6) is 0.494. The van der Waals surface area contributed by atoms with Crippen LogP contribution < -0.4 is 14.8 Å². The predicted octanol–water partition coefficient (Wildman–Crippen LogP) is 6.77. The summed E-state index contributed by atoms with van der Waals surface area (Å²) >= 11 is 0. The summed E-state index contributed by atoms with van der Waals surface area (Å²) < 4.78 is 17.1. The Bertz CT molecular complexity index is 1470. The van der Waals surface area contributed by atoms with Crippen molar-refractivity contribution in [3.05, 3.63) is 88.2 Å². The highest BCUT2D eigenvalue weighted by atomic mass is 16.6. The lowest BCUT2D eigenvalue weighted by Crippen LogP contribution is -2.10. The van der Waals surface area contributed by atoms with E-state index in [1.807, 2.05) is 57.2 Å². The first-order valence-corrected chi connectivity index (χ1v) is 11.4. The number of aryl methyl sites for hydroxylation is 1. The monoisotopic (exact) mass is 486 g/mol. The van der Waals surface area contributed by atoms with E-state index >= 15 is 0 Å². The highest BCUT2D eigenvalue weighted by Crippen LogP contribution is 2.40. The molecule has 4 aromatic rings. The van der Waals surface area contributed by atoms with Crippen LogP contribution in [0.4, 0.5) is 11.4 Å². The maximum absolute atomic E-state index is 12.9. The molecule has 0 atom stereocenters. The van der Waals surface area contributed by atoms with Gasteiger partial charge in [-0.15, -0.1) is 0 Å². The summed E-state index contributed by atoms with van der Waals surface area (Å²) in [6, 6.07) is 15.9. The maximum atomic E-state index is 12.9. The Labute approximate surface area is 208 Å². The van der Waals surface area contributed by atoms with Gasteiger partial charge in [-0.1, -0.05) is 30.3 Å². The molecule has 0 radical (unpaired) electrons. The number of allylic oxidation sites excluding steroid dienone is 1. The molecular weight excluding hydrogens is 460 g/mol. The largest absolute Gasteiger partial charge is 0.495 e. The predicted molar refractivity (Wildman–Crippen MR) is 139 cm³/mol. The number of methoxy groups -OCH3 is 1. The Morgan fingerprint density at radius 3 is 2.58 bits per heavy atom. The van der Waals surface area contributed by atoms with E-state index in [1.165, 1.54) is 31.4 Å². The minimum atomic E-state index is -0.530. The van der Waals surface area contributed by atoms with Crippen molar-refractivity contribution in [2.75, 3.05) is 19.0 Å². The van der Waals surface area contributed by atoms with Crippen LogP contribution in [0.1, 0.15) is 25.0 Å². The highest BCUT2D eigenvalue weighted by molar-refractivity contribution is 6.06. The first-order chi connectivity index (χ1) is 17.3. The Morgan fingerprint density at radius 1 is 1.17 bits per heavy atom. The second-order valence-corrected chi connectivity index (χ2v) is 8.16. The summed E-state index contributed by atoms with van der Waals surface area (Å²) in [6.45, 7) is 6.08. The van der Waals surface area contributed by atoms with Crippen LogP contribution in [0.2, 0.25) is 0 Å². The lowest BCUT2D eigenvalue weighted by Gasteiger charge is -2.15. The van der Waals surface area contributed by atoms with E-state index in [0.29, 0.717) is 23.7 Å². The van der Waals surface area contributed by atoms with Crippen LogP contribution >= 0.6 is 0 Å². The standard InChI is InChI=1S/C28H26N2O6/c1-5-35-27-18(3)28-22(23(16-36-28)19-9-7-6-8-10-19)15-21(27)17(2)13-26(31)29-24-14-20(30(32)33)11-12-25(24)34-4/h6-16H,5H2,1-4H3,(H,29,31)/b17-13+. The van der Waals surface area contributed by atoms with Gasteiger partial charge in [0.1, 0.15) is 17.1 Å². The van der Waals surface area contributed by atoms with Gasteiger partial charge in [-0.25, -0.2) is 0 Å². The number of nitro groups is 1. The molecule has 0 saturated heterocycles. The van der Waals surface area contributed by atoms with E-state index in [2.05, 4.69) is 5.32 Å². The molecule has 0 spiro atoms. The molecule has 1 amide bonds. The van der Waals surface area contributed by atoms with Crippen molar-refractivity contribution in [2.45, 2.75) is 20.8 Å². The second kappa shape index (κ2) is 10.4. The number of carbonyl (C=O) groups is 1. The van der Waals surface area contributed by atoms with Crippen molar-refractivity contribution < 1.29 is 23.6 Å². The zero-order valence-corrected chi connectivity index (χ0v) is 20.5. The lowest BCUT2D eigenvalue weighted by molar-refractivity contribution is -0.384. The Balaban J connectivity index is 1.76. The van der Waals surface area contributed by atoms with Gasteiger partial charge in [0.2, 0.25) is 5.91 Å². The Morgan fingerprint density at radius 2 is 1.92 bits per heavy atom. The SMILES string of the molecule is CCOc1c(/C(C)=C/C(=O)Nc2cc([N+](=O)[O-])ccc2OC)cc2c(-c3ccccc3)coc2c1C. The number of non-ortho nitro benzene ring substituents is 1. The number of ether oxygens (including phenoxy) is 2. The molecule has 0 unspecified atom stereocenters. The zero-order valence-electron chi connectivity index (χ0n) is 20.5. The summed E-state index contributed by atoms with van der Waals surface area (Å²) in [4.78, 5) is 23.6. The van der Waals surface area contributed by atoms with Crippen molar-refractivity contribution in [1.29, 1.82) is 0 Å². The van der Waals surface area contributed by atoms with Gasteiger partial charge in [0.15, 0.2) is 0 Å². The molecule has 0 aliphatic heterocycles. The van der Waals surface area contributed by atoms with Crippen molar-refractivity contribution in [1.82, 2.24) is 0 Å². The molecule has 36 heavy (non-hydrogen) atoms. The number of carbonyl (C=O) groups excluding carboxylic acids is 1. The van der Waals surface area contributed by atoms with Crippen LogP contribution in [0.25, 0.3) is 27.7 Å². The van der Waals surface area contributed by atoms with Gasteiger partial charge in [-0.3, -0.25) is 14.9 Å². The molecule has 0 aliphatic carbocycles. The third-order valence-corrected chi connectivity index (χ3v) is 5.84. The fourth-order valence-corrected chi connectivity index (χ4v) is 4.13. The number of nitro benzene ring substituents is 1. The van der Waals surface area contributed by atoms with Gasteiger partial charge in [0.05, 0.1) is 30.6 Å². The van der Waals surface area contributed by atoms with Gasteiger partial charge >= 0.3 is 0 Å². The van der Waals surface area contributed by atoms with E-state index in [4.69, 9.17) is 13.9 Å². The average molecular weight is 487 g/mol. The van der Waals surface area contributed by atoms with E-state index in [-0.39, 0.29) is 11.4 Å². The minimum Gasteiger partial charge on any atom is -0.495 e. The smallest absolute Gasteiger partial charge is 0.271 e. The number of hydrogen-bond acceptors (Lipinski definition) is 6. The van der Waals surface area contributed by atoms with Gasteiger partial charge in [-0.05, 0) is 44.0 Å². The quantitative estimate of drug-likeness (QED) is 0.167. The fraction of sp³-hybridized carbons (Fsp3) is 0.179. The van der Waals surface area contributed by atoms with E-state index < -0.39 is 10.8 Å². The molecule has 8 nitrogen and oxygen atoms in total. The number of nitrogens with zero attached hydrogens (tertiary/aromatic N) is 1. The van der Waals surface area contributed by atoms with E-state index in [1.54, 1.807) is 6.26 Å². The number of furan rings is 1. The molecule has 1 heterocycles. The molecule has 1 N–H and O–H groups in total. The van der Waals surface area contributed by atoms with Crippen molar-refractivity contribution in [2.24, 2.45) is 0 Å². The van der Waals surface area contributed by atoms with Crippen molar-refractivity contribution in [3.63, 3.8) is 0 Å². The highest BCUT2D eigenvalue weighted by Gasteiger charge is 2.20. The van der Waals surface area contributed by atoms with Crippen LogP contribution in [0.3, 0.4) is 0 Å². The number of nitrogens with one attached hydrogen (secondary N) is 1. The molecule has 3 aromatic carbocycles. The number of amides is 1. The van der Waals surface area contributed by atoms with Crippen LogP contribution in [0.15, 0.2) is 71.4 Å². The van der Waals surface area contributed by atoms with Crippen LogP contribution in [-0.4, -0.2) is 24.5 Å². The van der Waals surface area contributed by atoms with Gasteiger partial charge in [0.25, 0.3) is 5.69 Å². The summed E-state index contributed by atoms with van der Waals surface area (Å²) in [7, 11) is 1.43. The first-order valence-electron chi connectivity index (χ1n) is 11.4. The third kappa shape index (κ3) is 4.79. The molecular formula is C28H26N2O6. The van der Waals surface area contributed by atoms with Gasteiger partial charge in [0, 0.05) is 40.3 Å². The molecule has 0 fully saturated rings. The van der Waals surface area contributed by atoms with Crippen LogP contribution in [0, 0.1) is 17.0 Å². The fourth-order valence-electron chi connectivity index (χ4n) is 4.13. The second-order valence-electron chi connectivity index (χ2n) is 8.16. The topological polar surface area (TPSA) is 104 Å². The molecule has 0 bridgehead atoms. The molecule has 1 aromatic heterocycles. The molecule has 184 valence electrons. The summed E-state index contributed by atoms with van der Waals surface area (Å²) in [5, 5.41) is 14.8. The number of hydrogen-bond donors (Lipinski definition) is 1. The number of rotatable bonds is 8. The van der Waals surface area contributed by atoms with E-state index in [9.17, 15) is 14.9 Å². The number of fused-ring (bicyclic) bond motifs is 1. The van der Waals surface area contributed by atoms with Gasteiger partial charge < -0.3 is 19.2 Å². The molecule has 8 heteroatoms. The van der Waals surface area contributed by atoms with Crippen molar-refractivity contribution in [3.8, 4) is 22.6 Å². The third-order valence-electron chi connectivity index (χ3n) is 5.84. The molecule has 0 saturated carbocycles. The first kappa shape index (κ1) is 24.5. The van der Waals surface area contributed by atoms with Crippen LogP contribution in [0.5, 0.6) is 11.5 Å². The summed E-state index contributed by atoms with van der Waals surface area (Å²) in [6.07, 6.45) is 3.16. The van der Waals surface area contributed by atoms with Gasteiger partial charge in [-0.2, -0.15) is 0 Å². The average Bonchev–Trinajstić information content (AvgIpc) is 3.30. The summed E-state index contributed by atoms with van der Waals surface area (Å²) in [5.41, 5.74) is 4.98. The maximum Gasteiger partial charge on any atom is 0.271 e. The number of benzene rings is 3. The molecule has 0 aliphatic rings. The van der Waals surface area contributed by atoms with Crippen LogP contribution in [-0.2, 0) is 4.79 Å². The zero-order chi connectivity index (χ0) is 25.8. The number of anilines is 1. The Hall–Kier alpha value is -4.59. The molecule has 4 rings (SSSR count). The Kier molecular flexibility index (Phi) is 7.05. The normalized spacial score (nSPS) is 11.4.